The molecule has 1 N–H and O–H groups in total. The van der Waals surface area contributed by atoms with E-state index in [2.05, 4.69) is 17.5 Å². The van der Waals surface area contributed by atoms with E-state index in [0.717, 1.165) is 25.9 Å². The van der Waals surface area contributed by atoms with Crippen molar-refractivity contribution in [1.29, 1.82) is 10.5 Å². The zero-order chi connectivity index (χ0) is 9.52. The molecule has 13 heavy (non-hydrogen) atoms. The quantitative estimate of drug-likeness (QED) is 0.622. The Morgan fingerprint density at radius 2 is 2.00 bits per heavy atom. The fraction of sp³-hybridized carbons (Fsp3) is 0.778. The van der Waals surface area contributed by atoms with Gasteiger partial charge in [-0.05, 0) is 19.4 Å². The van der Waals surface area contributed by atoms with Gasteiger partial charge >= 0.3 is 0 Å². The topological polar surface area (TPSA) is 62.9 Å². The van der Waals surface area contributed by atoms with Crippen molar-refractivity contribution in [2.75, 3.05) is 26.2 Å². The molecule has 70 valence electrons. The van der Waals surface area contributed by atoms with E-state index < -0.39 is 0 Å². The van der Waals surface area contributed by atoms with Crippen molar-refractivity contribution < 1.29 is 0 Å². The second-order valence-corrected chi connectivity index (χ2v) is 3.22. The lowest BCUT2D eigenvalue weighted by molar-refractivity contribution is 0.205. The summed E-state index contributed by atoms with van der Waals surface area (Å²) in [6.07, 6.45) is 2.23. The summed E-state index contributed by atoms with van der Waals surface area (Å²) in [5, 5.41) is 20.4. The summed E-state index contributed by atoms with van der Waals surface area (Å²) >= 11 is 0. The van der Waals surface area contributed by atoms with Crippen LogP contribution in [0.4, 0.5) is 0 Å². The number of nitriles is 2. The number of hydrogen-bond acceptors (Lipinski definition) is 4. The molecule has 0 amide bonds. The lowest BCUT2D eigenvalue weighted by atomic mass is 10.1. The predicted molar refractivity (Wildman–Crippen MR) is 48.7 cm³/mol. The highest BCUT2D eigenvalue weighted by Crippen LogP contribution is 2.08. The molecule has 0 aromatic heterocycles. The molecule has 1 heterocycles. The van der Waals surface area contributed by atoms with E-state index in [1.54, 1.807) is 0 Å². The molecule has 1 aliphatic rings. The van der Waals surface area contributed by atoms with E-state index in [0.29, 0.717) is 19.1 Å². The Morgan fingerprint density at radius 3 is 2.46 bits per heavy atom. The maximum Gasteiger partial charge on any atom is 0.0877 e. The highest BCUT2D eigenvalue weighted by Gasteiger charge is 2.19. The molecule has 0 aromatic carbocycles. The van der Waals surface area contributed by atoms with Gasteiger partial charge in [-0.3, -0.25) is 4.90 Å². The van der Waals surface area contributed by atoms with Crippen LogP contribution >= 0.6 is 0 Å². The molecule has 1 unspecified atom stereocenters. The number of hydrogen-bond donors (Lipinski definition) is 1. The maximum absolute atomic E-state index is 8.57. The number of nitrogens with zero attached hydrogens (tertiary/aromatic N) is 3. The van der Waals surface area contributed by atoms with Crippen molar-refractivity contribution in [3.05, 3.63) is 0 Å². The van der Waals surface area contributed by atoms with Gasteiger partial charge in [0.2, 0.25) is 0 Å². The van der Waals surface area contributed by atoms with Gasteiger partial charge in [0, 0.05) is 12.6 Å². The largest absolute Gasteiger partial charge is 0.315 e. The average Bonchev–Trinajstić information content (AvgIpc) is 2.19. The zero-order valence-electron chi connectivity index (χ0n) is 7.66. The molecule has 4 nitrogen and oxygen atoms in total. The fourth-order valence-electron chi connectivity index (χ4n) is 1.64. The molecule has 1 aliphatic heterocycles. The molecule has 1 rings (SSSR count). The fourth-order valence-corrected chi connectivity index (χ4v) is 1.64. The lowest BCUT2D eigenvalue weighted by Gasteiger charge is -2.31. The first-order valence-electron chi connectivity index (χ1n) is 4.57. The Labute approximate surface area is 78.7 Å². The van der Waals surface area contributed by atoms with Crippen LogP contribution in [0.25, 0.3) is 0 Å². The van der Waals surface area contributed by atoms with Crippen LogP contribution in [0.2, 0.25) is 0 Å². The van der Waals surface area contributed by atoms with Gasteiger partial charge < -0.3 is 5.32 Å². The van der Waals surface area contributed by atoms with Gasteiger partial charge in [-0.1, -0.05) is 0 Å². The molecule has 0 saturated carbocycles. The second-order valence-electron chi connectivity index (χ2n) is 3.22. The third-order valence-corrected chi connectivity index (χ3v) is 2.33. The van der Waals surface area contributed by atoms with E-state index in [-0.39, 0.29) is 0 Å². The number of rotatable bonds is 3. The summed E-state index contributed by atoms with van der Waals surface area (Å²) in [4.78, 5) is 1.94. The van der Waals surface area contributed by atoms with Crippen molar-refractivity contribution in [3.63, 3.8) is 0 Å². The molecule has 1 saturated heterocycles. The van der Waals surface area contributed by atoms with Crippen LogP contribution in [0.5, 0.6) is 0 Å². The van der Waals surface area contributed by atoms with Gasteiger partial charge in [0.25, 0.3) is 0 Å². The normalized spacial score (nSPS) is 22.2. The number of piperidine rings is 1. The van der Waals surface area contributed by atoms with Gasteiger partial charge in [0.15, 0.2) is 0 Å². The van der Waals surface area contributed by atoms with Crippen LogP contribution in [-0.2, 0) is 0 Å². The Balaban J connectivity index is 2.43. The van der Waals surface area contributed by atoms with Gasteiger partial charge in [-0.25, -0.2) is 0 Å². The molecule has 0 bridgehead atoms. The van der Waals surface area contributed by atoms with Crippen LogP contribution in [-0.4, -0.2) is 37.1 Å². The highest BCUT2D eigenvalue weighted by atomic mass is 15.2. The number of nitrogens with one attached hydrogen (secondary N) is 1. The summed E-state index contributed by atoms with van der Waals surface area (Å²) in [6.45, 7) is 2.69. The van der Waals surface area contributed by atoms with Crippen molar-refractivity contribution >= 4 is 0 Å². The van der Waals surface area contributed by atoms with Gasteiger partial charge in [0.1, 0.15) is 0 Å². The predicted octanol–water partition coefficient (Wildman–Crippen LogP) is 0.0876. The van der Waals surface area contributed by atoms with Crippen LogP contribution in [0.1, 0.15) is 12.8 Å². The first-order valence-corrected chi connectivity index (χ1v) is 4.57. The monoisotopic (exact) mass is 178 g/mol. The Morgan fingerprint density at radius 1 is 1.31 bits per heavy atom. The van der Waals surface area contributed by atoms with E-state index in [9.17, 15) is 0 Å². The van der Waals surface area contributed by atoms with Crippen molar-refractivity contribution in [3.8, 4) is 12.1 Å². The second kappa shape index (κ2) is 5.53. The third kappa shape index (κ3) is 3.02. The Bertz CT molecular complexity index is 203. The van der Waals surface area contributed by atoms with Gasteiger partial charge in [0.05, 0.1) is 25.2 Å². The van der Waals surface area contributed by atoms with Gasteiger partial charge in [-0.2, -0.15) is 10.5 Å². The van der Waals surface area contributed by atoms with Crippen molar-refractivity contribution in [2.24, 2.45) is 0 Å². The van der Waals surface area contributed by atoms with Crippen LogP contribution in [0.3, 0.4) is 0 Å². The smallest absolute Gasteiger partial charge is 0.0877 e. The summed E-state index contributed by atoms with van der Waals surface area (Å²) in [6, 6.07) is 4.56. The molecular formula is C9H14N4. The minimum Gasteiger partial charge on any atom is -0.315 e. The van der Waals surface area contributed by atoms with E-state index in [4.69, 9.17) is 10.5 Å². The Hall–Kier alpha value is -1.10. The van der Waals surface area contributed by atoms with Crippen LogP contribution in [0.15, 0.2) is 0 Å². The maximum atomic E-state index is 8.57. The molecule has 0 aliphatic carbocycles. The molecule has 0 spiro atoms. The SMILES string of the molecule is N#CCN(CC#N)C1CCCNC1. The zero-order valence-corrected chi connectivity index (χ0v) is 7.66. The third-order valence-electron chi connectivity index (χ3n) is 2.33. The summed E-state index contributed by atoms with van der Waals surface area (Å²) in [5.41, 5.74) is 0. The minimum atomic E-state index is 0.361. The molecule has 4 heteroatoms. The van der Waals surface area contributed by atoms with E-state index >= 15 is 0 Å². The van der Waals surface area contributed by atoms with Crippen LogP contribution < -0.4 is 5.32 Å². The molecule has 1 atom stereocenters. The van der Waals surface area contributed by atoms with Crippen molar-refractivity contribution in [2.45, 2.75) is 18.9 Å². The van der Waals surface area contributed by atoms with Crippen LogP contribution in [0, 0.1) is 22.7 Å². The Kier molecular flexibility index (Phi) is 4.25. The first kappa shape index (κ1) is 9.98. The molecule has 0 radical (unpaired) electrons. The molecular weight excluding hydrogens is 164 g/mol. The first-order chi connectivity index (χ1) is 6.38. The van der Waals surface area contributed by atoms with Gasteiger partial charge in [-0.15, -0.1) is 0 Å². The standard InChI is InChI=1S/C9H14N4/c10-3-6-13(7-4-11)9-2-1-5-12-8-9/h9,12H,1-2,5-8H2. The summed E-state index contributed by atoms with van der Waals surface area (Å²) < 4.78 is 0. The summed E-state index contributed by atoms with van der Waals surface area (Å²) in [5.74, 6) is 0. The van der Waals surface area contributed by atoms with Crippen molar-refractivity contribution in [1.82, 2.24) is 10.2 Å². The summed E-state index contributed by atoms with van der Waals surface area (Å²) in [7, 11) is 0. The molecule has 1 fully saturated rings. The minimum absolute atomic E-state index is 0.361. The highest BCUT2D eigenvalue weighted by molar-refractivity contribution is 4.89. The average molecular weight is 178 g/mol. The van der Waals surface area contributed by atoms with E-state index in [1.165, 1.54) is 0 Å². The van der Waals surface area contributed by atoms with E-state index in [1.807, 2.05) is 4.90 Å². The molecule has 0 aromatic rings. The lowest BCUT2D eigenvalue weighted by Crippen LogP contribution is -2.46.